The van der Waals surface area contributed by atoms with Gasteiger partial charge >= 0.3 is 0 Å². The van der Waals surface area contributed by atoms with Crippen LogP contribution in [0.3, 0.4) is 0 Å². The summed E-state index contributed by atoms with van der Waals surface area (Å²) in [5.74, 6) is 0.553. The number of nitrogens with zero attached hydrogens (tertiary/aromatic N) is 1. The van der Waals surface area contributed by atoms with E-state index in [9.17, 15) is 4.79 Å². The van der Waals surface area contributed by atoms with Gasteiger partial charge in [0.25, 0.3) is 0 Å². The van der Waals surface area contributed by atoms with E-state index in [-0.39, 0.29) is 12.3 Å². The molecule has 0 saturated carbocycles. The Hall–Kier alpha value is -1.32. The van der Waals surface area contributed by atoms with Crippen molar-refractivity contribution in [2.75, 3.05) is 0 Å². The number of hydrogen-bond acceptors (Lipinski definition) is 2. The van der Waals surface area contributed by atoms with Crippen molar-refractivity contribution < 1.29 is 4.79 Å². The molecule has 0 bridgehead atoms. The van der Waals surface area contributed by atoms with Gasteiger partial charge in [-0.1, -0.05) is 6.92 Å². The number of aryl methyl sites for hydroxylation is 1. The first-order valence-corrected chi connectivity index (χ1v) is 3.53. The van der Waals surface area contributed by atoms with E-state index < -0.39 is 0 Å². The predicted octanol–water partition coefficient (Wildman–Crippen LogP) is -0.000100. The van der Waals surface area contributed by atoms with Crippen molar-refractivity contribution in [2.24, 2.45) is 5.73 Å². The Kier molecular flexibility index (Phi) is 2.25. The molecule has 0 aromatic carbocycles. The van der Waals surface area contributed by atoms with Crippen LogP contribution in [0.1, 0.15) is 18.4 Å². The zero-order valence-electron chi connectivity index (χ0n) is 6.42. The molecule has 1 rings (SSSR count). The van der Waals surface area contributed by atoms with E-state index in [0.29, 0.717) is 0 Å². The van der Waals surface area contributed by atoms with Gasteiger partial charge in [0.1, 0.15) is 5.82 Å². The fraction of sp³-hybridized carbons (Fsp3) is 0.429. The molecule has 4 nitrogen and oxygen atoms in total. The quantitative estimate of drug-likeness (QED) is 0.641. The second-order valence-corrected chi connectivity index (χ2v) is 2.35. The lowest BCUT2D eigenvalue weighted by Crippen LogP contribution is -2.13. The molecule has 60 valence electrons. The van der Waals surface area contributed by atoms with E-state index >= 15 is 0 Å². The molecule has 1 aromatic rings. The highest BCUT2D eigenvalue weighted by molar-refractivity contribution is 5.75. The van der Waals surface area contributed by atoms with E-state index in [4.69, 9.17) is 5.73 Å². The lowest BCUT2D eigenvalue weighted by Gasteiger charge is -1.89. The van der Waals surface area contributed by atoms with Crippen molar-refractivity contribution in [3.63, 3.8) is 0 Å². The number of imidazole rings is 1. The Labute approximate surface area is 64.8 Å². The fourth-order valence-electron chi connectivity index (χ4n) is 0.863. The van der Waals surface area contributed by atoms with E-state index in [1.807, 2.05) is 6.92 Å². The molecule has 0 fully saturated rings. The van der Waals surface area contributed by atoms with Crippen molar-refractivity contribution in [1.82, 2.24) is 9.97 Å². The molecule has 0 radical (unpaired) electrons. The Bertz CT molecular complexity index is 254. The summed E-state index contributed by atoms with van der Waals surface area (Å²) < 4.78 is 0. The van der Waals surface area contributed by atoms with Crippen LogP contribution in [-0.2, 0) is 17.6 Å². The first kappa shape index (κ1) is 7.78. The van der Waals surface area contributed by atoms with Crippen LogP contribution in [0.5, 0.6) is 0 Å². The van der Waals surface area contributed by atoms with Crippen LogP contribution in [-0.4, -0.2) is 15.9 Å². The number of aromatic nitrogens is 2. The molecule has 1 aromatic heterocycles. The van der Waals surface area contributed by atoms with Crippen LogP contribution in [0.2, 0.25) is 0 Å². The minimum Gasteiger partial charge on any atom is -0.369 e. The van der Waals surface area contributed by atoms with Crippen LogP contribution < -0.4 is 5.73 Å². The number of nitrogens with one attached hydrogen (secondary N) is 1. The minimum atomic E-state index is -0.337. The number of rotatable bonds is 3. The predicted molar refractivity (Wildman–Crippen MR) is 40.9 cm³/mol. The van der Waals surface area contributed by atoms with Crippen molar-refractivity contribution in [1.29, 1.82) is 0 Å². The monoisotopic (exact) mass is 153 g/mol. The smallest absolute Gasteiger partial charge is 0.223 e. The van der Waals surface area contributed by atoms with Gasteiger partial charge in [0.15, 0.2) is 0 Å². The lowest BCUT2D eigenvalue weighted by atomic mass is 10.3. The molecule has 0 aliphatic carbocycles. The standard InChI is InChI=1S/C7H11N3O/c1-2-7-9-4-5(10-7)3-6(8)11/h4H,2-3H2,1H3,(H2,8,11)(H,9,10). The molecule has 0 atom stereocenters. The summed E-state index contributed by atoms with van der Waals surface area (Å²) in [5, 5.41) is 0. The number of nitrogens with two attached hydrogens (primary N) is 1. The van der Waals surface area contributed by atoms with Gasteiger partial charge in [-0.15, -0.1) is 0 Å². The van der Waals surface area contributed by atoms with Crippen LogP contribution in [0, 0.1) is 0 Å². The van der Waals surface area contributed by atoms with Crippen molar-refractivity contribution in [3.05, 3.63) is 17.7 Å². The molecule has 3 N–H and O–H groups in total. The SMILES string of the molecule is CCc1ncc(CC(N)=O)[nH]1. The van der Waals surface area contributed by atoms with Crippen LogP contribution in [0.4, 0.5) is 0 Å². The van der Waals surface area contributed by atoms with Crippen molar-refractivity contribution in [2.45, 2.75) is 19.8 Å². The molecule has 1 amide bonds. The Balaban J connectivity index is 2.65. The maximum atomic E-state index is 10.4. The second-order valence-electron chi connectivity index (χ2n) is 2.35. The average molecular weight is 153 g/mol. The summed E-state index contributed by atoms with van der Waals surface area (Å²) in [6.45, 7) is 1.99. The molecule has 0 aliphatic rings. The van der Waals surface area contributed by atoms with E-state index in [1.165, 1.54) is 0 Å². The van der Waals surface area contributed by atoms with Gasteiger partial charge in [-0.05, 0) is 0 Å². The molecule has 0 unspecified atom stereocenters. The van der Waals surface area contributed by atoms with Crippen LogP contribution >= 0.6 is 0 Å². The Morgan fingerprint density at radius 1 is 1.82 bits per heavy atom. The minimum absolute atomic E-state index is 0.243. The fourth-order valence-corrected chi connectivity index (χ4v) is 0.863. The van der Waals surface area contributed by atoms with Crippen LogP contribution in [0.15, 0.2) is 6.20 Å². The first-order chi connectivity index (χ1) is 5.22. The average Bonchev–Trinajstić information content (AvgIpc) is 2.34. The highest BCUT2D eigenvalue weighted by atomic mass is 16.1. The van der Waals surface area contributed by atoms with Gasteiger partial charge in [0, 0.05) is 18.3 Å². The normalized spacial score (nSPS) is 9.91. The lowest BCUT2D eigenvalue weighted by molar-refractivity contribution is -0.117. The largest absolute Gasteiger partial charge is 0.369 e. The molecule has 11 heavy (non-hydrogen) atoms. The van der Waals surface area contributed by atoms with Crippen LogP contribution in [0.25, 0.3) is 0 Å². The number of carbonyl (C=O) groups excluding carboxylic acids is 1. The van der Waals surface area contributed by atoms with Gasteiger partial charge in [-0.25, -0.2) is 4.98 Å². The Morgan fingerprint density at radius 3 is 3.00 bits per heavy atom. The number of hydrogen-bond donors (Lipinski definition) is 2. The summed E-state index contributed by atoms with van der Waals surface area (Å²) in [6.07, 6.45) is 2.73. The molecule has 0 spiro atoms. The number of carbonyl (C=O) groups is 1. The first-order valence-electron chi connectivity index (χ1n) is 3.53. The van der Waals surface area contributed by atoms with Gasteiger partial charge in [-0.2, -0.15) is 0 Å². The third-order valence-electron chi connectivity index (χ3n) is 1.38. The molecule has 0 saturated heterocycles. The van der Waals surface area contributed by atoms with Gasteiger partial charge in [-0.3, -0.25) is 4.79 Å². The summed E-state index contributed by atoms with van der Waals surface area (Å²) in [4.78, 5) is 17.4. The van der Waals surface area contributed by atoms with Crippen molar-refractivity contribution in [3.8, 4) is 0 Å². The third-order valence-corrected chi connectivity index (χ3v) is 1.38. The maximum Gasteiger partial charge on any atom is 0.223 e. The number of primary amides is 1. The zero-order chi connectivity index (χ0) is 8.27. The van der Waals surface area contributed by atoms with E-state index in [0.717, 1.165) is 17.9 Å². The number of amides is 1. The summed E-state index contributed by atoms with van der Waals surface area (Å²) >= 11 is 0. The summed E-state index contributed by atoms with van der Waals surface area (Å²) in [7, 11) is 0. The summed E-state index contributed by atoms with van der Waals surface area (Å²) in [5.41, 5.74) is 5.77. The molecule has 0 aliphatic heterocycles. The molecule has 4 heteroatoms. The van der Waals surface area contributed by atoms with Crippen molar-refractivity contribution >= 4 is 5.91 Å². The molecule has 1 heterocycles. The molecular weight excluding hydrogens is 142 g/mol. The zero-order valence-corrected chi connectivity index (χ0v) is 6.42. The molecular formula is C7H11N3O. The third kappa shape index (κ3) is 2.07. The van der Waals surface area contributed by atoms with Gasteiger partial charge in [0.05, 0.1) is 6.42 Å². The van der Waals surface area contributed by atoms with E-state index in [2.05, 4.69) is 9.97 Å². The summed E-state index contributed by atoms with van der Waals surface area (Å²) in [6, 6.07) is 0. The highest BCUT2D eigenvalue weighted by Gasteiger charge is 2.00. The van der Waals surface area contributed by atoms with Gasteiger partial charge < -0.3 is 10.7 Å². The second kappa shape index (κ2) is 3.18. The van der Waals surface area contributed by atoms with E-state index in [1.54, 1.807) is 6.20 Å². The number of aromatic amines is 1. The maximum absolute atomic E-state index is 10.4. The Morgan fingerprint density at radius 2 is 2.55 bits per heavy atom. The highest BCUT2D eigenvalue weighted by Crippen LogP contribution is 1.97. The topological polar surface area (TPSA) is 71.8 Å². The number of H-pyrrole nitrogens is 1. The van der Waals surface area contributed by atoms with Gasteiger partial charge in [0.2, 0.25) is 5.91 Å².